The predicted molar refractivity (Wildman–Crippen MR) is 95.3 cm³/mol. The van der Waals surface area contributed by atoms with Crippen LogP contribution in [0, 0.1) is 0 Å². The van der Waals surface area contributed by atoms with E-state index in [2.05, 4.69) is 26.7 Å². The zero-order valence-electron chi connectivity index (χ0n) is 13.5. The molecular formula is C19H15N5O. The second-order valence-electron chi connectivity index (χ2n) is 6.22. The molecule has 4 heterocycles. The maximum atomic E-state index is 9.63. The topological polar surface area (TPSA) is 75.9 Å². The molecule has 0 radical (unpaired) electrons. The number of aromatic nitrogens is 4. The van der Waals surface area contributed by atoms with Crippen LogP contribution in [-0.2, 0) is 7.05 Å². The van der Waals surface area contributed by atoms with Gasteiger partial charge in [-0.2, -0.15) is 5.10 Å². The summed E-state index contributed by atoms with van der Waals surface area (Å²) in [6.07, 6.45) is 5.66. The van der Waals surface area contributed by atoms with Gasteiger partial charge in [-0.1, -0.05) is 12.1 Å². The van der Waals surface area contributed by atoms with E-state index < -0.39 is 0 Å². The van der Waals surface area contributed by atoms with Crippen molar-refractivity contribution in [1.82, 2.24) is 19.7 Å². The average molecular weight is 329 g/mol. The number of fused-ring (bicyclic) bond motifs is 2. The van der Waals surface area contributed by atoms with Crippen molar-refractivity contribution in [2.45, 2.75) is 6.04 Å². The van der Waals surface area contributed by atoms with Gasteiger partial charge >= 0.3 is 0 Å². The van der Waals surface area contributed by atoms with E-state index in [0.29, 0.717) is 0 Å². The molecule has 1 atom stereocenters. The first-order valence-electron chi connectivity index (χ1n) is 8.04. The quantitative estimate of drug-likeness (QED) is 0.561. The Balaban J connectivity index is 1.86. The van der Waals surface area contributed by atoms with Crippen molar-refractivity contribution in [2.24, 2.45) is 7.05 Å². The van der Waals surface area contributed by atoms with Gasteiger partial charge in [0.25, 0.3) is 0 Å². The number of aromatic hydroxyl groups is 1. The highest BCUT2D eigenvalue weighted by molar-refractivity contribution is 6.00. The number of nitrogens with one attached hydrogen (secondary N) is 1. The summed E-state index contributed by atoms with van der Waals surface area (Å²) in [7, 11) is 1.98. The van der Waals surface area contributed by atoms with Crippen molar-refractivity contribution < 1.29 is 5.11 Å². The molecule has 3 aromatic heterocycles. The molecule has 1 aliphatic heterocycles. The molecule has 6 heteroatoms. The Bertz CT molecular complexity index is 1100. The standard InChI is InChI=1S/C19H15N5O/c1-24-10-15-16-14(9-21-23-19(16)24)13-3-2-8-20-18(13)22-17(15)11-4-6-12(25)7-5-11/h2-10,17,25H,1H3,(H,20,22). The monoisotopic (exact) mass is 329 g/mol. The van der Waals surface area contributed by atoms with Crippen molar-refractivity contribution in [2.75, 3.05) is 5.32 Å². The minimum Gasteiger partial charge on any atom is -0.508 e. The maximum absolute atomic E-state index is 9.63. The van der Waals surface area contributed by atoms with Crippen molar-refractivity contribution in [3.8, 4) is 16.9 Å². The Hall–Kier alpha value is -3.41. The van der Waals surface area contributed by atoms with Crippen LogP contribution < -0.4 is 5.32 Å². The van der Waals surface area contributed by atoms with Crippen molar-refractivity contribution in [1.29, 1.82) is 0 Å². The molecular weight excluding hydrogens is 314 g/mol. The third kappa shape index (κ3) is 2.00. The van der Waals surface area contributed by atoms with Crippen LogP contribution in [0.1, 0.15) is 17.2 Å². The number of rotatable bonds is 1. The second-order valence-corrected chi connectivity index (χ2v) is 6.22. The minimum absolute atomic E-state index is 0.0941. The summed E-state index contributed by atoms with van der Waals surface area (Å²) in [4.78, 5) is 4.53. The Labute approximate surface area is 143 Å². The summed E-state index contributed by atoms with van der Waals surface area (Å²) in [6.45, 7) is 0. The molecule has 0 saturated heterocycles. The zero-order valence-corrected chi connectivity index (χ0v) is 13.5. The SMILES string of the molecule is Cn1cc2c3c(cnnc31)-c1cccnc1NC2c1ccc(O)cc1. The fraction of sp³-hybridized carbons (Fsp3) is 0.105. The first-order valence-corrected chi connectivity index (χ1v) is 8.04. The Morgan fingerprint density at radius 2 is 1.96 bits per heavy atom. The summed E-state index contributed by atoms with van der Waals surface area (Å²) < 4.78 is 2.00. The smallest absolute Gasteiger partial charge is 0.163 e. The normalized spacial score (nSPS) is 15.5. The van der Waals surface area contributed by atoms with Crippen LogP contribution in [0.3, 0.4) is 0 Å². The van der Waals surface area contributed by atoms with Gasteiger partial charge < -0.3 is 15.0 Å². The first-order chi connectivity index (χ1) is 12.2. The molecule has 5 rings (SSSR count). The van der Waals surface area contributed by atoms with Gasteiger partial charge in [-0.05, 0) is 29.8 Å². The summed E-state index contributed by atoms with van der Waals surface area (Å²) >= 11 is 0. The third-order valence-corrected chi connectivity index (χ3v) is 4.70. The molecule has 1 aliphatic rings. The number of aryl methyl sites for hydroxylation is 1. The molecule has 0 saturated carbocycles. The molecule has 25 heavy (non-hydrogen) atoms. The molecule has 6 nitrogen and oxygen atoms in total. The van der Waals surface area contributed by atoms with Gasteiger partial charge in [0.05, 0.1) is 12.2 Å². The van der Waals surface area contributed by atoms with E-state index in [1.54, 1.807) is 24.5 Å². The number of benzene rings is 1. The van der Waals surface area contributed by atoms with Crippen LogP contribution in [0.5, 0.6) is 5.75 Å². The fourth-order valence-corrected chi connectivity index (χ4v) is 3.55. The van der Waals surface area contributed by atoms with E-state index in [0.717, 1.165) is 39.1 Å². The van der Waals surface area contributed by atoms with E-state index in [1.165, 1.54) is 0 Å². The van der Waals surface area contributed by atoms with Gasteiger partial charge in [-0.3, -0.25) is 0 Å². The van der Waals surface area contributed by atoms with E-state index in [-0.39, 0.29) is 11.8 Å². The largest absolute Gasteiger partial charge is 0.508 e. The molecule has 2 N–H and O–H groups in total. The Morgan fingerprint density at radius 3 is 2.80 bits per heavy atom. The van der Waals surface area contributed by atoms with Crippen LogP contribution in [-0.4, -0.2) is 24.9 Å². The number of anilines is 1. The number of hydrogen-bond acceptors (Lipinski definition) is 5. The van der Waals surface area contributed by atoms with Crippen LogP contribution in [0.25, 0.3) is 22.2 Å². The van der Waals surface area contributed by atoms with Crippen molar-refractivity contribution in [3.05, 3.63) is 66.1 Å². The molecule has 0 amide bonds. The lowest BCUT2D eigenvalue weighted by atomic mass is 9.97. The van der Waals surface area contributed by atoms with Gasteiger partial charge in [-0.25, -0.2) is 4.98 Å². The van der Waals surface area contributed by atoms with Crippen LogP contribution >= 0.6 is 0 Å². The highest BCUT2D eigenvalue weighted by Crippen LogP contribution is 2.42. The van der Waals surface area contributed by atoms with E-state index in [1.807, 2.05) is 35.9 Å². The Kier molecular flexibility index (Phi) is 2.82. The highest BCUT2D eigenvalue weighted by Gasteiger charge is 2.27. The van der Waals surface area contributed by atoms with Crippen LogP contribution in [0.2, 0.25) is 0 Å². The summed E-state index contributed by atoms with van der Waals surface area (Å²) in [5.41, 5.74) is 5.04. The molecule has 0 fully saturated rings. The van der Waals surface area contributed by atoms with E-state index in [4.69, 9.17) is 0 Å². The van der Waals surface area contributed by atoms with Gasteiger partial charge in [0.1, 0.15) is 11.6 Å². The summed E-state index contributed by atoms with van der Waals surface area (Å²) in [6, 6.07) is 11.1. The lowest BCUT2D eigenvalue weighted by Crippen LogP contribution is -2.12. The highest BCUT2D eigenvalue weighted by atomic mass is 16.3. The van der Waals surface area contributed by atoms with Crippen LogP contribution in [0.15, 0.2) is 55.0 Å². The lowest BCUT2D eigenvalue weighted by Gasteiger charge is -2.18. The van der Waals surface area contributed by atoms with Gasteiger partial charge in [-0.15, -0.1) is 5.10 Å². The minimum atomic E-state index is -0.0941. The number of hydrogen-bond donors (Lipinski definition) is 2. The third-order valence-electron chi connectivity index (χ3n) is 4.70. The van der Waals surface area contributed by atoms with Crippen molar-refractivity contribution in [3.63, 3.8) is 0 Å². The first kappa shape index (κ1) is 14.0. The van der Waals surface area contributed by atoms with Gasteiger partial charge in [0, 0.05) is 41.5 Å². The molecule has 1 aromatic carbocycles. The molecule has 4 aromatic rings. The number of pyridine rings is 1. The number of phenols is 1. The molecule has 1 unspecified atom stereocenters. The molecule has 122 valence electrons. The van der Waals surface area contributed by atoms with Gasteiger partial charge in [0.2, 0.25) is 0 Å². The second kappa shape index (κ2) is 5.04. The van der Waals surface area contributed by atoms with Crippen LogP contribution in [0.4, 0.5) is 5.82 Å². The van der Waals surface area contributed by atoms with Gasteiger partial charge in [0.15, 0.2) is 5.65 Å². The number of nitrogens with zero attached hydrogens (tertiary/aromatic N) is 4. The van der Waals surface area contributed by atoms with Crippen molar-refractivity contribution >= 4 is 16.9 Å². The molecule has 0 aliphatic carbocycles. The summed E-state index contributed by atoms with van der Waals surface area (Å²) in [5.74, 6) is 1.06. The Morgan fingerprint density at radius 1 is 1.12 bits per heavy atom. The zero-order chi connectivity index (χ0) is 17.0. The predicted octanol–water partition coefficient (Wildman–Crippen LogP) is 3.25. The van der Waals surface area contributed by atoms with E-state index in [9.17, 15) is 5.11 Å². The molecule has 0 bridgehead atoms. The maximum Gasteiger partial charge on any atom is 0.163 e. The fourth-order valence-electron chi connectivity index (χ4n) is 3.55. The molecule has 0 spiro atoms. The summed E-state index contributed by atoms with van der Waals surface area (Å²) in [5, 5.41) is 22.8. The average Bonchev–Trinajstić information content (AvgIpc) is 2.90. The number of phenolic OH excluding ortho intramolecular Hbond substituents is 1. The lowest BCUT2D eigenvalue weighted by molar-refractivity contribution is 0.475. The van der Waals surface area contributed by atoms with E-state index >= 15 is 0 Å².